The van der Waals surface area contributed by atoms with Crippen LogP contribution in [0.2, 0.25) is 0 Å². The van der Waals surface area contributed by atoms with E-state index in [-0.39, 0.29) is 31.2 Å². The van der Waals surface area contributed by atoms with Crippen molar-refractivity contribution < 1.29 is 24.2 Å². The van der Waals surface area contributed by atoms with E-state index >= 15 is 0 Å². The standard InChI is InChI=1S/C13H12O5/c14-10(12-11(15)8-18-13(12)16)7-17-6-9-4-2-1-3-5-9/h1-5,15H,6-8H2. The second-order valence-corrected chi connectivity index (χ2v) is 3.80. The van der Waals surface area contributed by atoms with Gasteiger partial charge >= 0.3 is 5.97 Å². The highest BCUT2D eigenvalue weighted by molar-refractivity contribution is 6.19. The monoisotopic (exact) mass is 248 g/mol. The first-order chi connectivity index (χ1) is 8.68. The highest BCUT2D eigenvalue weighted by Gasteiger charge is 2.30. The number of ketones is 1. The zero-order valence-electron chi connectivity index (χ0n) is 9.59. The fourth-order valence-electron chi connectivity index (χ4n) is 1.58. The van der Waals surface area contributed by atoms with Crippen molar-refractivity contribution in [3.05, 3.63) is 47.2 Å². The maximum absolute atomic E-state index is 11.6. The molecule has 0 saturated heterocycles. The molecule has 0 aromatic heterocycles. The Morgan fingerprint density at radius 2 is 2.06 bits per heavy atom. The van der Waals surface area contributed by atoms with Crippen molar-refractivity contribution >= 4 is 11.8 Å². The molecule has 0 saturated carbocycles. The Labute approximate surface area is 104 Å². The lowest BCUT2D eigenvalue weighted by atomic mass is 10.1. The molecule has 1 N–H and O–H groups in total. The SMILES string of the molecule is O=C(COCc1ccccc1)C1=C(O)COC1=O. The molecule has 5 nitrogen and oxygen atoms in total. The third-order valence-electron chi connectivity index (χ3n) is 2.46. The number of hydrogen-bond acceptors (Lipinski definition) is 5. The molecular weight excluding hydrogens is 236 g/mol. The highest BCUT2D eigenvalue weighted by Crippen LogP contribution is 2.14. The number of Topliss-reactive ketones (excluding diaryl/α,β-unsaturated/α-hetero) is 1. The van der Waals surface area contributed by atoms with Gasteiger partial charge in [-0.2, -0.15) is 0 Å². The molecule has 0 spiro atoms. The molecule has 0 unspecified atom stereocenters. The van der Waals surface area contributed by atoms with Crippen molar-refractivity contribution in [1.29, 1.82) is 0 Å². The molecule has 0 fully saturated rings. The number of rotatable bonds is 5. The molecule has 1 aromatic carbocycles. The summed E-state index contributed by atoms with van der Waals surface area (Å²) in [7, 11) is 0. The Kier molecular flexibility index (Phi) is 3.74. The number of aliphatic hydroxyl groups is 1. The number of cyclic esters (lactones) is 1. The predicted molar refractivity (Wildman–Crippen MR) is 61.7 cm³/mol. The third kappa shape index (κ3) is 2.75. The molecule has 0 amide bonds. The molecule has 0 radical (unpaired) electrons. The molecule has 5 heteroatoms. The number of hydrogen-bond donors (Lipinski definition) is 1. The number of carbonyl (C=O) groups excluding carboxylic acids is 2. The lowest BCUT2D eigenvalue weighted by molar-refractivity contribution is -0.138. The van der Waals surface area contributed by atoms with Gasteiger partial charge in [0.25, 0.3) is 0 Å². The average molecular weight is 248 g/mol. The molecular formula is C13H12O5. The van der Waals surface area contributed by atoms with Gasteiger partial charge in [-0.15, -0.1) is 0 Å². The largest absolute Gasteiger partial charge is 0.508 e. The van der Waals surface area contributed by atoms with Crippen LogP contribution in [0, 0.1) is 0 Å². The second-order valence-electron chi connectivity index (χ2n) is 3.80. The minimum atomic E-state index is -0.791. The molecule has 0 atom stereocenters. The van der Waals surface area contributed by atoms with Crippen LogP contribution in [0.1, 0.15) is 5.56 Å². The quantitative estimate of drug-likeness (QED) is 0.625. The van der Waals surface area contributed by atoms with Crippen molar-refractivity contribution in [2.75, 3.05) is 13.2 Å². The Bertz CT molecular complexity index is 489. The predicted octanol–water partition coefficient (Wildman–Crippen LogP) is 1.14. The van der Waals surface area contributed by atoms with Crippen LogP contribution in [0.4, 0.5) is 0 Å². The second kappa shape index (κ2) is 5.46. The van der Waals surface area contributed by atoms with Crippen LogP contribution in [-0.4, -0.2) is 30.1 Å². The van der Waals surface area contributed by atoms with E-state index in [0.29, 0.717) is 0 Å². The maximum Gasteiger partial charge on any atom is 0.345 e. The number of carbonyl (C=O) groups is 2. The van der Waals surface area contributed by atoms with E-state index in [1.165, 1.54) is 0 Å². The van der Waals surface area contributed by atoms with E-state index in [1.807, 2.05) is 30.3 Å². The van der Waals surface area contributed by atoms with E-state index in [2.05, 4.69) is 4.74 Å². The molecule has 18 heavy (non-hydrogen) atoms. The number of aliphatic hydroxyl groups excluding tert-OH is 1. The van der Waals surface area contributed by atoms with Crippen LogP contribution < -0.4 is 0 Å². The molecule has 1 heterocycles. The Hall–Kier alpha value is -2.14. The molecule has 0 bridgehead atoms. The van der Waals surface area contributed by atoms with Crippen LogP contribution in [0.3, 0.4) is 0 Å². The fourth-order valence-corrected chi connectivity index (χ4v) is 1.58. The van der Waals surface area contributed by atoms with Gasteiger partial charge in [-0.25, -0.2) is 4.79 Å². The van der Waals surface area contributed by atoms with Gasteiger partial charge in [-0.1, -0.05) is 30.3 Å². The Morgan fingerprint density at radius 1 is 1.33 bits per heavy atom. The fraction of sp³-hybridized carbons (Fsp3) is 0.231. The van der Waals surface area contributed by atoms with Gasteiger partial charge in [0.15, 0.2) is 5.78 Å². The summed E-state index contributed by atoms with van der Waals surface area (Å²) < 4.78 is 9.71. The van der Waals surface area contributed by atoms with Gasteiger partial charge in [-0.3, -0.25) is 4.79 Å². The first kappa shape index (κ1) is 12.3. The molecule has 94 valence electrons. The van der Waals surface area contributed by atoms with Gasteiger partial charge in [0.1, 0.15) is 24.5 Å². The van der Waals surface area contributed by atoms with Crippen LogP contribution >= 0.6 is 0 Å². The number of ether oxygens (including phenoxy) is 2. The van der Waals surface area contributed by atoms with Crippen LogP contribution in [0.5, 0.6) is 0 Å². The molecule has 2 rings (SSSR count). The van der Waals surface area contributed by atoms with E-state index in [9.17, 15) is 14.7 Å². The van der Waals surface area contributed by atoms with Crippen molar-refractivity contribution in [2.24, 2.45) is 0 Å². The summed E-state index contributed by atoms with van der Waals surface area (Å²) in [5, 5.41) is 9.30. The summed E-state index contributed by atoms with van der Waals surface area (Å²) in [5.41, 5.74) is 0.626. The lowest BCUT2D eigenvalue weighted by Crippen LogP contribution is -2.16. The van der Waals surface area contributed by atoms with Gasteiger partial charge < -0.3 is 14.6 Å². The molecule has 1 aromatic rings. The normalized spacial score (nSPS) is 14.8. The van der Waals surface area contributed by atoms with E-state index in [0.717, 1.165) is 5.56 Å². The summed E-state index contributed by atoms with van der Waals surface area (Å²) in [6, 6.07) is 9.34. The van der Waals surface area contributed by atoms with E-state index in [1.54, 1.807) is 0 Å². The van der Waals surface area contributed by atoms with Crippen molar-refractivity contribution in [2.45, 2.75) is 6.61 Å². The smallest absolute Gasteiger partial charge is 0.345 e. The van der Waals surface area contributed by atoms with Crippen molar-refractivity contribution in [1.82, 2.24) is 0 Å². The zero-order chi connectivity index (χ0) is 13.0. The molecule has 1 aliphatic heterocycles. The first-order valence-electron chi connectivity index (χ1n) is 5.42. The van der Waals surface area contributed by atoms with Gasteiger partial charge in [-0.05, 0) is 5.56 Å². The summed E-state index contributed by atoms with van der Waals surface area (Å²) in [6.07, 6.45) is 0. The minimum Gasteiger partial charge on any atom is -0.508 e. The lowest BCUT2D eigenvalue weighted by Gasteiger charge is -2.03. The average Bonchev–Trinajstić information content (AvgIpc) is 2.70. The maximum atomic E-state index is 11.6. The van der Waals surface area contributed by atoms with Crippen LogP contribution in [0.25, 0.3) is 0 Å². The van der Waals surface area contributed by atoms with Crippen LogP contribution in [0.15, 0.2) is 41.7 Å². The van der Waals surface area contributed by atoms with Crippen LogP contribution in [-0.2, 0) is 25.7 Å². The summed E-state index contributed by atoms with van der Waals surface area (Å²) >= 11 is 0. The topological polar surface area (TPSA) is 72.8 Å². The van der Waals surface area contributed by atoms with Crippen molar-refractivity contribution in [3.8, 4) is 0 Å². The van der Waals surface area contributed by atoms with E-state index < -0.39 is 11.8 Å². The van der Waals surface area contributed by atoms with E-state index in [4.69, 9.17) is 4.74 Å². The zero-order valence-corrected chi connectivity index (χ0v) is 9.59. The minimum absolute atomic E-state index is 0.238. The summed E-state index contributed by atoms with van der Waals surface area (Å²) in [4.78, 5) is 22.8. The van der Waals surface area contributed by atoms with Crippen molar-refractivity contribution in [3.63, 3.8) is 0 Å². The molecule has 1 aliphatic rings. The first-order valence-corrected chi connectivity index (χ1v) is 5.42. The Morgan fingerprint density at radius 3 is 2.67 bits per heavy atom. The third-order valence-corrected chi connectivity index (χ3v) is 2.46. The molecule has 0 aliphatic carbocycles. The number of esters is 1. The van der Waals surface area contributed by atoms with Gasteiger partial charge in [0, 0.05) is 0 Å². The summed E-state index contributed by atoms with van der Waals surface area (Å²) in [5.74, 6) is -1.68. The number of benzene rings is 1. The van der Waals surface area contributed by atoms with Gasteiger partial charge in [0.2, 0.25) is 0 Å². The summed E-state index contributed by atoms with van der Waals surface area (Å²) in [6.45, 7) is -0.225. The van der Waals surface area contributed by atoms with Gasteiger partial charge in [0.05, 0.1) is 6.61 Å². The highest BCUT2D eigenvalue weighted by atomic mass is 16.5. The Balaban J connectivity index is 1.86.